The number of nitrogen functional groups attached to an aromatic ring is 1. The van der Waals surface area contributed by atoms with Gasteiger partial charge in [0.25, 0.3) is 0 Å². The second kappa shape index (κ2) is 5.83. The monoisotopic (exact) mass is 300 g/mol. The molecule has 1 aromatic heterocycles. The third kappa shape index (κ3) is 3.30. The summed E-state index contributed by atoms with van der Waals surface area (Å²) >= 11 is 1.27. The lowest BCUT2D eigenvalue weighted by atomic mass is 10.0. The van der Waals surface area contributed by atoms with E-state index in [1.165, 1.54) is 23.5 Å². The van der Waals surface area contributed by atoms with Crippen molar-refractivity contribution in [3.8, 4) is 0 Å². The Bertz CT molecular complexity index is 590. The lowest BCUT2D eigenvalue weighted by Crippen LogP contribution is -2.09. The van der Waals surface area contributed by atoms with Gasteiger partial charge in [-0.25, -0.2) is 4.98 Å². The third-order valence-electron chi connectivity index (χ3n) is 2.96. The fraction of sp³-hybridized carbons (Fsp3) is 0.357. The van der Waals surface area contributed by atoms with Crippen LogP contribution in [0.15, 0.2) is 24.3 Å². The number of aromatic nitrogens is 1. The predicted molar refractivity (Wildman–Crippen MR) is 74.8 cm³/mol. The van der Waals surface area contributed by atoms with Crippen LogP contribution in [0.25, 0.3) is 0 Å². The number of rotatable bonds is 4. The summed E-state index contributed by atoms with van der Waals surface area (Å²) in [4.78, 5) is 5.02. The largest absolute Gasteiger partial charge is 0.416 e. The van der Waals surface area contributed by atoms with Crippen LogP contribution in [0.3, 0.4) is 0 Å². The number of aryl methyl sites for hydroxylation is 1. The van der Waals surface area contributed by atoms with E-state index in [4.69, 9.17) is 5.73 Å². The maximum absolute atomic E-state index is 13.0. The maximum Gasteiger partial charge on any atom is 0.416 e. The Morgan fingerprint density at radius 2 is 1.95 bits per heavy atom. The van der Waals surface area contributed by atoms with Crippen molar-refractivity contribution in [2.45, 2.75) is 32.4 Å². The molecule has 0 aliphatic carbocycles. The van der Waals surface area contributed by atoms with Crippen molar-refractivity contribution < 1.29 is 13.2 Å². The standard InChI is InChI=1S/C14H15F3N2S/c1-2-5-11-12(20-13(18)19-11)8-9-6-3-4-7-10(9)14(15,16)17/h3-4,6-7H,2,5,8H2,1H3,(H2,18,19). The van der Waals surface area contributed by atoms with Crippen LogP contribution < -0.4 is 5.73 Å². The zero-order valence-electron chi connectivity index (χ0n) is 11.0. The number of anilines is 1. The molecule has 20 heavy (non-hydrogen) atoms. The highest BCUT2D eigenvalue weighted by atomic mass is 32.1. The molecule has 2 aromatic rings. The Hall–Kier alpha value is -1.56. The number of alkyl halides is 3. The summed E-state index contributed by atoms with van der Waals surface area (Å²) in [5.41, 5.74) is 6.16. The third-order valence-corrected chi connectivity index (χ3v) is 3.88. The highest BCUT2D eigenvalue weighted by Gasteiger charge is 2.33. The Labute approximate surface area is 119 Å². The summed E-state index contributed by atoms with van der Waals surface area (Å²) in [6.45, 7) is 2.00. The van der Waals surface area contributed by atoms with Crippen LogP contribution >= 0.6 is 11.3 Å². The number of nitrogens with two attached hydrogens (primary N) is 1. The van der Waals surface area contributed by atoms with Gasteiger partial charge in [0.15, 0.2) is 5.13 Å². The molecule has 1 aromatic carbocycles. The van der Waals surface area contributed by atoms with Gasteiger partial charge in [0.05, 0.1) is 11.3 Å². The van der Waals surface area contributed by atoms with Crippen LogP contribution in [0.4, 0.5) is 18.3 Å². The molecule has 0 aliphatic heterocycles. The molecule has 2 rings (SSSR count). The van der Waals surface area contributed by atoms with Gasteiger partial charge in [0, 0.05) is 11.3 Å². The number of benzene rings is 1. The average molecular weight is 300 g/mol. The molecular weight excluding hydrogens is 285 g/mol. The average Bonchev–Trinajstić information content (AvgIpc) is 2.69. The Balaban J connectivity index is 2.35. The molecule has 0 unspecified atom stereocenters. The summed E-state index contributed by atoms with van der Waals surface area (Å²) in [6, 6.07) is 5.64. The topological polar surface area (TPSA) is 38.9 Å². The molecule has 0 bridgehead atoms. The van der Waals surface area contributed by atoms with E-state index in [2.05, 4.69) is 4.98 Å². The van der Waals surface area contributed by atoms with Crippen molar-refractivity contribution in [3.63, 3.8) is 0 Å². The summed E-state index contributed by atoms with van der Waals surface area (Å²) in [6.07, 6.45) is -2.49. The quantitative estimate of drug-likeness (QED) is 0.915. The van der Waals surface area contributed by atoms with Gasteiger partial charge in [-0.15, -0.1) is 11.3 Å². The molecule has 108 valence electrons. The second-order valence-electron chi connectivity index (χ2n) is 4.50. The van der Waals surface area contributed by atoms with E-state index in [1.54, 1.807) is 6.07 Å². The fourth-order valence-corrected chi connectivity index (χ4v) is 3.00. The highest BCUT2D eigenvalue weighted by Crippen LogP contribution is 2.34. The lowest BCUT2D eigenvalue weighted by Gasteiger charge is -2.12. The molecule has 6 heteroatoms. The van der Waals surface area contributed by atoms with Gasteiger partial charge in [0.2, 0.25) is 0 Å². The van der Waals surface area contributed by atoms with E-state index in [0.29, 0.717) is 5.13 Å². The minimum atomic E-state index is -4.34. The van der Waals surface area contributed by atoms with Gasteiger partial charge in [-0.2, -0.15) is 13.2 Å². The zero-order chi connectivity index (χ0) is 14.8. The van der Waals surface area contributed by atoms with Crippen molar-refractivity contribution >= 4 is 16.5 Å². The van der Waals surface area contributed by atoms with Gasteiger partial charge in [-0.1, -0.05) is 31.5 Å². The zero-order valence-corrected chi connectivity index (χ0v) is 11.8. The molecule has 0 amide bonds. The lowest BCUT2D eigenvalue weighted by molar-refractivity contribution is -0.138. The van der Waals surface area contributed by atoms with Gasteiger partial charge in [-0.05, 0) is 18.1 Å². The van der Waals surface area contributed by atoms with E-state index >= 15 is 0 Å². The molecule has 1 heterocycles. The fourth-order valence-electron chi connectivity index (χ4n) is 2.10. The van der Waals surface area contributed by atoms with E-state index in [1.807, 2.05) is 6.92 Å². The summed E-state index contributed by atoms with van der Waals surface area (Å²) < 4.78 is 38.9. The molecule has 2 nitrogen and oxygen atoms in total. The highest BCUT2D eigenvalue weighted by molar-refractivity contribution is 7.15. The molecule has 2 N–H and O–H groups in total. The minimum absolute atomic E-state index is 0.222. The van der Waals surface area contributed by atoms with Crippen LogP contribution in [0.1, 0.15) is 35.0 Å². The Morgan fingerprint density at radius 1 is 1.25 bits per heavy atom. The first kappa shape index (κ1) is 14.8. The Kier molecular flexibility index (Phi) is 4.32. The first-order valence-electron chi connectivity index (χ1n) is 6.31. The number of nitrogens with zero attached hydrogens (tertiary/aromatic N) is 1. The first-order chi connectivity index (χ1) is 9.41. The summed E-state index contributed by atoms with van der Waals surface area (Å²) in [5, 5.41) is 0.410. The maximum atomic E-state index is 13.0. The minimum Gasteiger partial charge on any atom is -0.375 e. The summed E-state index contributed by atoms with van der Waals surface area (Å²) in [7, 11) is 0. The van der Waals surface area contributed by atoms with Gasteiger partial charge in [0.1, 0.15) is 0 Å². The number of hydrogen-bond acceptors (Lipinski definition) is 3. The SMILES string of the molecule is CCCc1nc(N)sc1Cc1ccccc1C(F)(F)F. The molecule has 0 fully saturated rings. The van der Waals surface area contributed by atoms with E-state index in [9.17, 15) is 13.2 Å². The second-order valence-corrected chi connectivity index (χ2v) is 5.62. The van der Waals surface area contributed by atoms with Crippen LogP contribution in [-0.2, 0) is 19.0 Å². The van der Waals surface area contributed by atoms with Crippen LogP contribution in [0, 0.1) is 0 Å². The van der Waals surface area contributed by atoms with Crippen LogP contribution in [0.2, 0.25) is 0 Å². The molecule has 0 spiro atoms. The van der Waals surface area contributed by atoms with Crippen molar-refractivity contribution in [2.75, 3.05) is 5.73 Å². The van der Waals surface area contributed by atoms with Gasteiger partial charge < -0.3 is 5.73 Å². The molecule has 0 aliphatic rings. The normalized spacial score (nSPS) is 11.8. The van der Waals surface area contributed by atoms with Crippen molar-refractivity contribution in [3.05, 3.63) is 46.0 Å². The van der Waals surface area contributed by atoms with Crippen LogP contribution in [-0.4, -0.2) is 4.98 Å². The van der Waals surface area contributed by atoms with Crippen LogP contribution in [0.5, 0.6) is 0 Å². The predicted octanol–water partition coefficient (Wildman–Crippen LogP) is 4.29. The van der Waals surface area contributed by atoms with E-state index < -0.39 is 11.7 Å². The van der Waals surface area contributed by atoms with Crippen molar-refractivity contribution in [2.24, 2.45) is 0 Å². The summed E-state index contributed by atoms with van der Waals surface area (Å²) in [5.74, 6) is 0. The molecule has 0 saturated heterocycles. The van der Waals surface area contributed by atoms with Gasteiger partial charge >= 0.3 is 6.18 Å². The van der Waals surface area contributed by atoms with Gasteiger partial charge in [-0.3, -0.25) is 0 Å². The number of halogens is 3. The smallest absolute Gasteiger partial charge is 0.375 e. The van der Waals surface area contributed by atoms with E-state index in [-0.39, 0.29) is 12.0 Å². The first-order valence-corrected chi connectivity index (χ1v) is 7.12. The molecule has 0 saturated carbocycles. The van der Waals surface area contributed by atoms with E-state index in [0.717, 1.165) is 29.5 Å². The Morgan fingerprint density at radius 3 is 2.60 bits per heavy atom. The molecular formula is C14H15F3N2S. The molecule has 0 atom stereocenters. The van der Waals surface area contributed by atoms with Crippen molar-refractivity contribution in [1.82, 2.24) is 4.98 Å². The number of thiazole rings is 1. The van der Waals surface area contributed by atoms with Crippen molar-refractivity contribution in [1.29, 1.82) is 0 Å². The molecule has 0 radical (unpaired) electrons. The number of hydrogen-bond donors (Lipinski definition) is 1.